The van der Waals surface area contributed by atoms with Gasteiger partial charge in [0, 0.05) is 26.3 Å². The van der Waals surface area contributed by atoms with Gasteiger partial charge in [0.1, 0.15) is 5.82 Å². The summed E-state index contributed by atoms with van der Waals surface area (Å²) in [5.74, 6) is 0.219. The van der Waals surface area contributed by atoms with E-state index in [4.69, 9.17) is 10.5 Å². The van der Waals surface area contributed by atoms with Crippen LogP contribution in [0.4, 0.5) is 10.3 Å². The number of ether oxygens (including phenoxy) is 1. The summed E-state index contributed by atoms with van der Waals surface area (Å²) >= 11 is 1.96. The number of nitrogens with zero attached hydrogens (tertiary/aromatic N) is 2. The van der Waals surface area contributed by atoms with E-state index in [1.165, 1.54) is 6.07 Å². The van der Waals surface area contributed by atoms with E-state index in [-0.39, 0.29) is 5.82 Å². The molecule has 1 heterocycles. The molecule has 0 fully saturated rings. The number of unbranched alkanes of at least 4 members (excludes halogenated alkanes) is 2. The molecule has 1 aromatic heterocycles. The molecule has 0 amide bonds. The second kappa shape index (κ2) is 6.51. The maximum Gasteiger partial charge on any atom is 0.201 e. The van der Waals surface area contributed by atoms with Crippen LogP contribution >= 0.6 is 22.6 Å². The van der Waals surface area contributed by atoms with Crippen molar-refractivity contribution in [2.24, 2.45) is 0 Å². The topological polar surface area (TPSA) is 53.1 Å². The van der Waals surface area contributed by atoms with Gasteiger partial charge in [-0.2, -0.15) is 0 Å². The molecule has 104 valence electrons. The number of aromatic nitrogens is 2. The van der Waals surface area contributed by atoms with Crippen LogP contribution in [-0.4, -0.2) is 23.3 Å². The summed E-state index contributed by atoms with van der Waals surface area (Å²) in [5.41, 5.74) is 7.41. The number of nitrogen functional groups attached to an aromatic ring is 1. The first-order chi connectivity index (χ1) is 9.13. The number of hydrogen-bond donors (Lipinski definition) is 1. The smallest absolute Gasteiger partial charge is 0.201 e. The Morgan fingerprint density at radius 3 is 2.89 bits per heavy atom. The average molecular weight is 377 g/mol. The second-order valence-corrected chi connectivity index (χ2v) is 5.59. The van der Waals surface area contributed by atoms with E-state index in [9.17, 15) is 4.39 Å². The lowest BCUT2D eigenvalue weighted by Gasteiger charge is -2.06. The molecule has 19 heavy (non-hydrogen) atoms. The van der Waals surface area contributed by atoms with Crippen LogP contribution in [0.25, 0.3) is 11.0 Å². The monoisotopic (exact) mass is 377 g/mol. The predicted octanol–water partition coefficient (Wildman–Crippen LogP) is 3.18. The van der Waals surface area contributed by atoms with Gasteiger partial charge < -0.3 is 15.0 Å². The van der Waals surface area contributed by atoms with E-state index >= 15 is 0 Å². The number of halogens is 2. The lowest BCUT2D eigenvalue weighted by molar-refractivity contribution is 0.191. The molecular formula is C13H17FIN3O. The molecule has 0 aliphatic carbocycles. The summed E-state index contributed by atoms with van der Waals surface area (Å²) < 4.78 is 21.1. The normalized spacial score (nSPS) is 11.3. The number of aryl methyl sites for hydroxylation is 1. The molecule has 0 spiro atoms. The Kier molecular flexibility index (Phi) is 4.98. The summed E-state index contributed by atoms with van der Waals surface area (Å²) in [6.45, 7) is 1.53. The van der Waals surface area contributed by atoms with Gasteiger partial charge in [0.25, 0.3) is 0 Å². The van der Waals surface area contributed by atoms with E-state index in [0.717, 1.165) is 43.4 Å². The van der Waals surface area contributed by atoms with Crippen LogP contribution in [0.2, 0.25) is 0 Å². The third-order valence-corrected chi connectivity index (χ3v) is 3.88. The van der Waals surface area contributed by atoms with Crippen LogP contribution in [0.3, 0.4) is 0 Å². The van der Waals surface area contributed by atoms with E-state index in [2.05, 4.69) is 4.98 Å². The summed E-state index contributed by atoms with van der Waals surface area (Å²) in [6.07, 6.45) is 3.06. The molecule has 4 nitrogen and oxygen atoms in total. The van der Waals surface area contributed by atoms with E-state index in [0.29, 0.717) is 9.52 Å². The zero-order valence-corrected chi connectivity index (χ0v) is 13.0. The van der Waals surface area contributed by atoms with Crippen LogP contribution in [-0.2, 0) is 11.3 Å². The van der Waals surface area contributed by atoms with Gasteiger partial charge >= 0.3 is 0 Å². The number of rotatable bonds is 6. The quantitative estimate of drug-likeness (QED) is 0.622. The van der Waals surface area contributed by atoms with Crippen LogP contribution < -0.4 is 5.73 Å². The maximum absolute atomic E-state index is 13.6. The van der Waals surface area contributed by atoms with Crippen molar-refractivity contribution >= 4 is 39.6 Å². The number of methoxy groups -OCH3 is 1. The lowest BCUT2D eigenvalue weighted by atomic mass is 10.2. The van der Waals surface area contributed by atoms with Gasteiger partial charge in [0.2, 0.25) is 5.95 Å². The Hall–Kier alpha value is -0.890. The van der Waals surface area contributed by atoms with Crippen molar-refractivity contribution in [3.63, 3.8) is 0 Å². The first-order valence-corrected chi connectivity index (χ1v) is 7.31. The summed E-state index contributed by atoms with van der Waals surface area (Å²) in [7, 11) is 1.70. The zero-order chi connectivity index (χ0) is 13.8. The van der Waals surface area contributed by atoms with Crippen LogP contribution in [0.5, 0.6) is 0 Å². The molecule has 0 aliphatic rings. The molecule has 0 bridgehead atoms. The molecule has 6 heteroatoms. The first-order valence-electron chi connectivity index (χ1n) is 6.23. The standard InChI is InChI=1S/C13H17FIN3O/c1-19-6-4-2-3-5-18-12-7-9(14)10(15)8-11(12)17-13(18)16/h7-8H,2-6H2,1H3,(H2,16,17). The van der Waals surface area contributed by atoms with Gasteiger partial charge in [0.15, 0.2) is 0 Å². The van der Waals surface area contributed by atoms with Gasteiger partial charge in [-0.3, -0.25) is 0 Å². The molecule has 2 N–H and O–H groups in total. The largest absolute Gasteiger partial charge is 0.385 e. The van der Waals surface area contributed by atoms with E-state index in [1.54, 1.807) is 13.2 Å². The van der Waals surface area contributed by atoms with E-state index in [1.807, 2.05) is 27.2 Å². The van der Waals surface area contributed by atoms with Gasteiger partial charge in [-0.1, -0.05) is 0 Å². The van der Waals surface area contributed by atoms with Crippen molar-refractivity contribution in [1.29, 1.82) is 0 Å². The molecular weight excluding hydrogens is 360 g/mol. The van der Waals surface area contributed by atoms with Crippen LogP contribution in [0.15, 0.2) is 12.1 Å². The highest BCUT2D eigenvalue weighted by atomic mass is 127. The predicted molar refractivity (Wildman–Crippen MR) is 82.5 cm³/mol. The highest BCUT2D eigenvalue weighted by molar-refractivity contribution is 14.1. The van der Waals surface area contributed by atoms with Gasteiger partial charge in [-0.25, -0.2) is 9.37 Å². The third-order valence-electron chi connectivity index (χ3n) is 3.05. The van der Waals surface area contributed by atoms with E-state index < -0.39 is 0 Å². The number of benzene rings is 1. The molecule has 0 unspecified atom stereocenters. The lowest BCUT2D eigenvalue weighted by Crippen LogP contribution is -2.04. The third kappa shape index (κ3) is 3.36. The Balaban J connectivity index is 2.13. The average Bonchev–Trinajstić information content (AvgIpc) is 2.66. The second-order valence-electron chi connectivity index (χ2n) is 4.43. The molecule has 0 atom stereocenters. The Morgan fingerprint density at radius 2 is 2.16 bits per heavy atom. The zero-order valence-electron chi connectivity index (χ0n) is 10.8. The van der Waals surface area contributed by atoms with Crippen molar-refractivity contribution < 1.29 is 9.13 Å². The number of anilines is 1. The van der Waals surface area contributed by atoms with Crippen molar-refractivity contribution in [3.05, 3.63) is 21.5 Å². The fraction of sp³-hybridized carbons (Fsp3) is 0.462. The highest BCUT2D eigenvalue weighted by Crippen LogP contribution is 2.23. The number of fused-ring (bicyclic) bond motifs is 1. The van der Waals surface area contributed by atoms with Gasteiger partial charge in [-0.15, -0.1) is 0 Å². The van der Waals surface area contributed by atoms with Crippen molar-refractivity contribution in [1.82, 2.24) is 9.55 Å². The highest BCUT2D eigenvalue weighted by Gasteiger charge is 2.11. The molecule has 0 saturated carbocycles. The summed E-state index contributed by atoms with van der Waals surface area (Å²) in [6, 6.07) is 3.23. The number of nitrogens with two attached hydrogens (primary N) is 1. The Bertz CT molecular complexity index is 571. The number of hydrogen-bond acceptors (Lipinski definition) is 3. The first kappa shape index (κ1) is 14.5. The van der Waals surface area contributed by atoms with Crippen molar-refractivity contribution in [2.75, 3.05) is 19.5 Å². The summed E-state index contributed by atoms with van der Waals surface area (Å²) in [5, 5.41) is 0. The van der Waals surface area contributed by atoms with Gasteiger partial charge in [-0.05, 0) is 47.9 Å². The van der Waals surface area contributed by atoms with Crippen molar-refractivity contribution in [2.45, 2.75) is 25.8 Å². The molecule has 0 radical (unpaired) electrons. The van der Waals surface area contributed by atoms with Crippen LogP contribution in [0.1, 0.15) is 19.3 Å². The maximum atomic E-state index is 13.6. The Labute approximate surface area is 125 Å². The molecule has 2 rings (SSSR count). The Morgan fingerprint density at radius 1 is 1.37 bits per heavy atom. The fourth-order valence-corrected chi connectivity index (χ4v) is 2.52. The summed E-state index contributed by atoms with van der Waals surface area (Å²) in [4.78, 5) is 4.27. The number of imidazole rings is 1. The fourth-order valence-electron chi connectivity index (χ4n) is 2.07. The SMILES string of the molecule is COCCCCCn1c(N)nc2cc(I)c(F)cc21. The van der Waals surface area contributed by atoms with Crippen molar-refractivity contribution in [3.8, 4) is 0 Å². The molecule has 2 aromatic rings. The molecule has 0 aliphatic heterocycles. The van der Waals surface area contributed by atoms with Crippen LogP contribution in [0, 0.1) is 9.39 Å². The minimum atomic E-state index is -0.228. The minimum absolute atomic E-state index is 0.228. The minimum Gasteiger partial charge on any atom is -0.385 e. The molecule has 1 aromatic carbocycles. The van der Waals surface area contributed by atoms with Gasteiger partial charge in [0.05, 0.1) is 14.6 Å². The molecule has 0 saturated heterocycles.